The zero-order chi connectivity index (χ0) is 22.0. The van der Waals surface area contributed by atoms with Gasteiger partial charge in [0.2, 0.25) is 5.88 Å². The fraction of sp³-hybridized carbons (Fsp3) is 0.400. The zero-order valence-corrected chi connectivity index (χ0v) is 18.1. The van der Waals surface area contributed by atoms with Crippen molar-refractivity contribution in [2.75, 3.05) is 13.1 Å². The molecule has 0 unspecified atom stereocenters. The minimum atomic E-state index is -0.432. The van der Waals surface area contributed by atoms with E-state index in [1.54, 1.807) is 40.5 Å². The maximum absolute atomic E-state index is 12.5. The van der Waals surface area contributed by atoms with Crippen LogP contribution in [0.4, 0.5) is 4.79 Å². The highest BCUT2D eigenvalue weighted by Gasteiger charge is 2.26. The second-order valence-corrected chi connectivity index (χ2v) is 7.98. The van der Waals surface area contributed by atoms with E-state index in [-0.39, 0.29) is 17.9 Å². The van der Waals surface area contributed by atoms with Gasteiger partial charge in [0.25, 0.3) is 0 Å². The Morgan fingerprint density at radius 3 is 2.68 bits per heavy atom. The van der Waals surface area contributed by atoms with Crippen LogP contribution in [0.25, 0.3) is 5.82 Å². The second-order valence-electron chi connectivity index (χ2n) is 7.59. The van der Waals surface area contributed by atoms with Crippen LogP contribution >= 0.6 is 12.2 Å². The smallest absolute Gasteiger partial charge is 0.415 e. The highest BCUT2D eigenvalue weighted by molar-refractivity contribution is 7.71. The number of nitrogens with one attached hydrogen (secondary N) is 1. The Balaban J connectivity index is 1.35. The van der Waals surface area contributed by atoms with E-state index < -0.39 is 6.09 Å². The molecule has 1 amide bonds. The second kappa shape index (κ2) is 8.80. The Hall–Kier alpha value is -3.34. The van der Waals surface area contributed by atoms with Gasteiger partial charge in [-0.25, -0.2) is 19.3 Å². The molecule has 4 heterocycles. The van der Waals surface area contributed by atoms with Crippen LogP contribution < -0.4 is 9.57 Å². The number of H-pyrrole nitrogens is 1. The number of ether oxygens (including phenoxy) is 1. The molecule has 1 aliphatic heterocycles. The number of hydrogen-bond acceptors (Lipinski definition) is 7. The molecule has 4 rings (SSSR count). The molecule has 11 heteroatoms. The van der Waals surface area contributed by atoms with Gasteiger partial charge < -0.3 is 24.6 Å². The third kappa shape index (κ3) is 4.55. The third-order valence-corrected chi connectivity index (χ3v) is 5.37. The van der Waals surface area contributed by atoms with E-state index in [2.05, 4.69) is 15.0 Å². The van der Waals surface area contributed by atoms with Crippen molar-refractivity contribution in [3.8, 4) is 17.4 Å². The van der Waals surface area contributed by atoms with Gasteiger partial charge in [-0.3, -0.25) is 0 Å². The minimum absolute atomic E-state index is 0.0218. The zero-order valence-electron chi connectivity index (χ0n) is 17.3. The Morgan fingerprint density at radius 1 is 1.32 bits per heavy atom. The van der Waals surface area contributed by atoms with E-state index >= 15 is 0 Å². The fourth-order valence-electron chi connectivity index (χ4n) is 3.41. The molecule has 1 fully saturated rings. The maximum Gasteiger partial charge on any atom is 0.415 e. The van der Waals surface area contributed by atoms with Gasteiger partial charge in [0, 0.05) is 32.1 Å². The van der Waals surface area contributed by atoms with Crippen LogP contribution in [0.3, 0.4) is 0 Å². The van der Waals surface area contributed by atoms with Crippen molar-refractivity contribution in [3.05, 3.63) is 47.5 Å². The summed E-state index contributed by atoms with van der Waals surface area (Å²) in [5, 5.41) is 10.4. The lowest BCUT2D eigenvalue weighted by atomic mass is 10.1. The van der Waals surface area contributed by atoms with Crippen LogP contribution in [0.1, 0.15) is 38.3 Å². The van der Waals surface area contributed by atoms with Gasteiger partial charge in [-0.05, 0) is 30.3 Å². The van der Waals surface area contributed by atoms with Gasteiger partial charge in [0.1, 0.15) is 18.2 Å². The molecule has 0 spiro atoms. The molecule has 2 N–H and O–H groups in total. The number of likely N-dealkylation sites (tertiary alicyclic amines) is 1. The molecule has 164 valence electrons. The molecule has 0 bridgehead atoms. The molecular formula is C20H24N6O4S. The Bertz CT molecular complexity index is 1080. The van der Waals surface area contributed by atoms with Crippen LogP contribution in [0.2, 0.25) is 0 Å². The van der Waals surface area contributed by atoms with Crippen LogP contribution in [-0.2, 0) is 0 Å². The van der Waals surface area contributed by atoms with Crippen molar-refractivity contribution in [3.63, 3.8) is 0 Å². The molecule has 0 radical (unpaired) electrons. The first-order chi connectivity index (χ1) is 14.9. The molecule has 0 saturated carbocycles. The van der Waals surface area contributed by atoms with Crippen molar-refractivity contribution in [2.24, 2.45) is 0 Å². The number of rotatable bonds is 5. The van der Waals surface area contributed by atoms with Gasteiger partial charge in [-0.2, -0.15) is 4.73 Å². The molecule has 0 aliphatic carbocycles. The van der Waals surface area contributed by atoms with Crippen LogP contribution in [0.5, 0.6) is 11.6 Å². The predicted molar refractivity (Wildman–Crippen MR) is 114 cm³/mol. The molecule has 10 nitrogen and oxygen atoms in total. The lowest BCUT2D eigenvalue weighted by Gasteiger charge is -2.31. The number of aromatic amines is 1. The van der Waals surface area contributed by atoms with Gasteiger partial charge >= 0.3 is 6.09 Å². The highest BCUT2D eigenvalue weighted by Crippen LogP contribution is 2.27. The third-order valence-electron chi connectivity index (χ3n) is 5.08. The highest BCUT2D eigenvalue weighted by atomic mass is 32.1. The van der Waals surface area contributed by atoms with Crippen molar-refractivity contribution < 1.29 is 19.5 Å². The van der Waals surface area contributed by atoms with Crippen molar-refractivity contribution in [1.82, 2.24) is 29.1 Å². The summed E-state index contributed by atoms with van der Waals surface area (Å²) in [6.45, 7) is 4.97. The molecule has 3 aromatic heterocycles. The summed E-state index contributed by atoms with van der Waals surface area (Å²) in [6, 6.07) is 3.26. The number of hydrogen-bond donors (Lipinski definition) is 2. The Morgan fingerprint density at radius 2 is 2.10 bits per heavy atom. The Kier molecular flexibility index (Phi) is 5.94. The fourth-order valence-corrected chi connectivity index (χ4v) is 3.70. The number of aromatic nitrogens is 5. The van der Waals surface area contributed by atoms with Crippen molar-refractivity contribution in [2.45, 2.75) is 38.7 Å². The van der Waals surface area contributed by atoms with E-state index in [0.717, 1.165) is 0 Å². The van der Waals surface area contributed by atoms with Gasteiger partial charge in [0.15, 0.2) is 10.5 Å². The number of piperidine rings is 1. The number of nitrogens with zero attached hydrogens (tertiary/aromatic N) is 5. The van der Waals surface area contributed by atoms with E-state index in [4.69, 9.17) is 21.8 Å². The quantitative estimate of drug-likeness (QED) is 0.582. The minimum Gasteiger partial charge on any atom is -0.493 e. The molecule has 31 heavy (non-hydrogen) atoms. The summed E-state index contributed by atoms with van der Waals surface area (Å²) >= 11 is 5.30. The van der Waals surface area contributed by atoms with Crippen molar-refractivity contribution >= 4 is 18.3 Å². The van der Waals surface area contributed by atoms with E-state index in [1.165, 1.54) is 10.8 Å². The number of imidazole rings is 2. The van der Waals surface area contributed by atoms with Gasteiger partial charge in [-0.15, -0.1) is 0 Å². The number of pyridine rings is 1. The van der Waals surface area contributed by atoms with Crippen LogP contribution in [0, 0.1) is 4.77 Å². The SMILES string of the molecule is CC(C)c1[nH]c(=S)n(-c2ccc(OC(=O)N3CCC(On4ccnc4)CC3)cn2)c1O. The van der Waals surface area contributed by atoms with E-state index in [9.17, 15) is 9.90 Å². The molecule has 1 aliphatic rings. The van der Waals surface area contributed by atoms with Crippen molar-refractivity contribution in [1.29, 1.82) is 0 Å². The van der Waals surface area contributed by atoms with E-state index in [1.807, 2.05) is 13.8 Å². The molecular weight excluding hydrogens is 420 g/mol. The lowest BCUT2D eigenvalue weighted by molar-refractivity contribution is -0.0000280. The average molecular weight is 445 g/mol. The number of amides is 1. The summed E-state index contributed by atoms with van der Waals surface area (Å²) in [7, 11) is 0. The van der Waals surface area contributed by atoms with Gasteiger partial charge in [0.05, 0.1) is 18.1 Å². The summed E-state index contributed by atoms with van der Waals surface area (Å²) in [4.78, 5) is 31.1. The number of aromatic hydroxyl groups is 1. The monoisotopic (exact) mass is 444 g/mol. The molecule has 1 saturated heterocycles. The summed E-state index contributed by atoms with van der Waals surface area (Å²) in [5.41, 5.74) is 0.641. The van der Waals surface area contributed by atoms with E-state index in [0.29, 0.717) is 48.0 Å². The summed E-state index contributed by atoms with van der Waals surface area (Å²) in [5.74, 6) is 0.856. The molecule has 0 aromatic carbocycles. The number of carbonyl (C=O) groups is 1. The standard InChI is InChI=1S/C20H24N6O4S/c1-13(2)17-18(27)26(19(31)23-17)16-4-3-15(11-22-16)29-20(28)24-8-5-14(6-9-24)30-25-10-7-21-12-25/h3-4,7,10-14,27H,5-6,8-9H2,1-2H3,(H,23,31). The maximum atomic E-state index is 12.5. The van der Waals surface area contributed by atoms with Crippen LogP contribution in [-0.4, -0.2) is 59.5 Å². The Labute approximate surface area is 184 Å². The van der Waals surface area contributed by atoms with Gasteiger partial charge in [-0.1, -0.05) is 13.8 Å². The first-order valence-electron chi connectivity index (χ1n) is 10.0. The normalized spacial score (nSPS) is 14.7. The molecule has 3 aromatic rings. The topological polar surface area (TPSA) is 110 Å². The summed E-state index contributed by atoms with van der Waals surface area (Å²) < 4.78 is 8.82. The number of carbonyl (C=O) groups excluding carboxylic acids is 1. The molecule has 0 atom stereocenters. The first kappa shape index (κ1) is 20.9. The van der Waals surface area contributed by atoms with Crippen LogP contribution in [0.15, 0.2) is 37.1 Å². The predicted octanol–water partition coefficient (Wildman–Crippen LogP) is 3.05. The largest absolute Gasteiger partial charge is 0.493 e. The lowest BCUT2D eigenvalue weighted by Crippen LogP contribution is -2.44. The summed E-state index contributed by atoms with van der Waals surface area (Å²) in [6.07, 6.45) is 7.42. The average Bonchev–Trinajstić information content (AvgIpc) is 3.37. The first-order valence-corrected chi connectivity index (χ1v) is 10.5.